The monoisotopic (exact) mass is 324 g/mol. The molecule has 110 valence electrons. The van der Waals surface area contributed by atoms with Crippen LogP contribution < -0.4 is 5.32 Å². The largest absolute Gasteiger partial charge is 0.320 e. The van der Waals surface area contributed by atoms with Crippen molar-refractivity contribution in [2.75, 3.05) is 11.6 Å². The van der Waals surface area contributed by atoms with Crippen LogP contribution in [0.1, 0.15) is 16.1 Å². The Balaban J connectivity index is 2.21. The van der Waals surface area contributed by atoms with Crippen molar-refractivity contribution < 1.29 is 13.2 Å². The van der Waals surface area contributed by atoms with Crippen LogP contribution in [0.3, 0.4) is 0 Å². The van der Waals surface area contributed by atoms with Crippen molar-refractivity contribution in [3.05, 3.63) is 52.8 Å². The Labute approximate surface area is 127 Å². The maximum Gasteiger partial charge on any atom is 0.255 e. The van der Waals surface area contributed by atoms with E-state index in [0.717, 1.165) is 6.26 Å². The average Bonchev–Trinajstić information content (AvgIpc) is 2.41. The maximum absolute atomic E-state index is 12.1. The zero-order valence-electron chi connectivity index (χ0n) is 11.4. The van der Waals surface area contributed by atoms with Crippen molar-refractivity contribution >= 4 is 33.0 Å². The second-order valence-corrected chi connectivity index (χ2v) is 6.92. The molecule has 1 N–H and O–H groups in total. The zero-order chi connectivity index (χ0) is 15.6. The highest BCUT2D eigenvalue weighted by atomic mass is 35.5. The van der Waals surface area contributed by atoms with Gasteiger partial charge in [0, 0.05) is 11.8 Å². The minimum atomic E-state index is -3.27. The Hall–Kier alpha value is -1.92. The molecule has 0 spiro atoms. The molecule has 2 rings (SSSR count). The lowest BCUT2D eigenvalue weighted by molar-refractivity contribution is 0.102. The number of carbonyl (C=O) groups is 1. The fraction of sp³-hybridized carbons (Fsp3) is 0.143. The first-order valence-corrected chi connectivity index (χ1v) is 8.29. The van der Waals surface area contributed by atoms with Crippen LogP contribution in [-0.2, 0) is 9.84 Å². The first-order chi connectivity index (χ1) is 9.77. The van der Waals surface area contributed by atoms with Gasteiger partial charge >= 0.3 is 0 Å². The van der Waals surface area contributed by atoms with E-state index in [2.05, 4.69) is 10.3 Å². The standard InChI is InChI=1S/C14H13ClN2O3S/c1-9-12(7-8-13(15)16-9)17-14(18)10-3-5-11(6-4-10)21(2,19)20/h3-8H,1-2H3,(H,17,18). The summed E-state index contributed by atoms with van der Waals surface area (Å²) in [5.74, 6) is -0.345. The fourth-order valence-electron chi connectivity index (χ4n) is 1.71. The van der Waals surface area contributed by atoms with Crippen LogP contribution in [0.5, 0.6) is 0 Å². The van der Waals surface area contributed by atoms with Gasteiger partial charge in [0.25, 0.3) is 5.91 Å². The van der Waals surface area contributed by atoms with Crippen molar-refractivity contribution in [2.45, 2.75) is 11.8 Å². The molecule has 0 aliphatic heterocycles. The molecule has 0 saturated heterocycles. The minimum absolute atomic E-state index is 0.170. The minimum Gasteiger partial charge on any atom is -0.320 e. The van der Waals surface area contributed by atoms with E-state index in [1.165, 1.54) is 24.3 Å². The molecular weight excluding hydrogens is 312 g/mol. The van der Waals surface area contributed by atoms with Gasteiger partial charge in [0.15, 0.2) is 9.84 Å². The number of carbonyl (C=O) groups excluding carboxylic acids is 1. The molecule has 1 amide bonds. The van der Waals surface area contributed by atoms with E-state index in [9.17, 15) is 13.2 Å². The summed E-state index contributed by atoms with van der Waals surface area (Å²) in [6, 6.07) is 8.97. The number of hydrogen-bond donors (Lipinski definition) is 1. The molecule has 0 aliphatic carbocycles. The number of anilines is 1. The van der Waals surface area contributed by atoms with Crippen LogP contribution in [0.15, 0.2) is 41.3 Å². The number of rotatable bonds is 3. The second-order valence-electron chi connectivity index (χ2n) is 4.52. The van der Waals surface area contributed by atoms with Gasteiger partial charge < -0.3 is 5.32 Å². The van der Waals surface area contributed by atoms with E-state index in [4.69, 9.17) is 11.6 Å². The van der Waals surface area contributed by atoms with Crippen LogP contribution in [-0.4, -0.2) is 25.6 Å². The smallest absolute Gasteiger partial charge is 0.255 e. The topological polar surface area (TPSA) is 76.1 Å². The Kier molecular flexibility index (Phi) is 4.29. The first-order valence-electron chi connectivity index (χ1n) is 6.02. The highest BCUT2D eigenvalue weighted by Gasteiger charge is 2.11. The summed E-state index contributed by atoms with van der Waals surface area (Å²) in [5.41, 5.74) is 1.51. The summed E-state index contributed by atoms with van der Waals surface area (Å²) in [4.78, 5) is 16.3. The van der Waals surface area contributed by atoms with Gasteiger partial charge in [-0.1, -0.05) is 11.6 Å². The van der Waals surface area contributed by atoms with Crippen LogP contribution in [0.4, 0.5) is 5.69 Å². The normalized spacial score (nSPS) is 11.2. The predicted molar refractivity (Wildman–Crippen MR) is 81.5 cm³/mol. The van der Waals surface area contributed by atoms with Gasteiger partial charge in [-0.2, -0.15) is 0 Å². The van der Waals surface area contributed by atoms with Gasteiger partial charge in [-0.15, -0.1) is 0 Å². The summed E-state index contributed by atoms with van der Waals surface area (Å²) in [5, 5.41) is 3.05. The molecular formula is C14H13ClN2O3S. The van der Waals surface area contributed by atoms with E-state index in [-0.39, 0.29) is 10.8 Å². The van der Waals surface area contributed by atoms with Crippen molar-refractivity contribution in [3.63, 3.8) is 0 Å². The average molecular weight is 325 g/mol. The fourth-order valence-corrected chi connectivity index (χ4v) is 2.53. The Bertz CT molecular complexity index is 786. The molecule has 7 heteroatoms. The van der Waals surface area contributed by atoms with E-state index in [0.29, 0.717) is 22.1 Å². The zero-order valence-corrected chi connectivity index (χ0v) is 13.0. The van der Waals surface area contributed by atoms with Crippen LogP contribution in [0, 0.1) is 6.92 Å². The molecule has 1 aromatic heterocycles. The third kappa shape index (κ3) is 3.80. The van der Waals surface area contributed by atoms with Crippen LogP contribution >= 0.6 is 11.6 Å². The molecule has 21 heavy (non-hydrogen) atoms. The van der Waals surface area contributed by atoms with Crippen LogP contribution in [0.25, 0.3) is 0 Å². The van der Waals surface area contributed by atoms with Gasteiger partial charge in [-0.05, 0) is 43.3 Å². The predicted octanol–water partition coefficient (Wildman–Crippen LogP) is 2.70. The van der Waals surface area contributed by atoms with Gasteiger partial charge in [0.2, 0.25) is 0 Å². The Morgan fingerprint density at radius 2 is 1.76 bits per heavy atom. The van der Waals surface area contributed by atoms with Crippen molar-refractivity contribution in [1.82, 2.24) is 4.98 Å². The number of nitrogens with zero attached hydrogens (tertiary/aromatic N) is 1. The van der Waals surface area contributed by atoms with Gasteiger partial charge in [-0.3, -0.25) is 4.79 Å². The van der Waals surface area contributed by atoms with E-state index >= 15 is 0 Å². The third-order valence-electron chi connectivity index (χ3n) is 2.84. The highest BCUT2D eigenvalue weighted by molar-refractivity contribution is 7.90. The van der Waals surface area contributed by atoms with Crippen molar-refractivity contribution in [1.29, 1.82) is 0 Å². The molecule has 1 aromatic carbocycles. The summed E-state index contributed by atoms with van der Waals surface area (Å²) in [6.45, 7) is 1.73. The molecule has 5 nitrogen and oxygen atoms in total. The number of benzene rings is 1. The van der Waals surface area contributed by atoms with Crippen LogP contribution in [0.2, 0.25) is 5.15 Å². The first kappa shape index (κ1) is 15.5. The molecule has 0 saturated carbocycles. The molecule has 0 radical (unpaired) electrons. The number of hydrogen-bond acceptors (Lipinski definition) is 4. The van der Waals surface area contributed by atoms with E-state index < -0.39 is 9.84 Å². The lowest BCUT2D eigenvalue weighted by atomic mass is 10.2. The lowest BCUT2D eigenvalue weighted by Gasteiger charge is -2.08. The lowest BCUT2D eigenvalue weighted by Crippen LogP contribution is -2.13. The number of aryl methyl sites for hydroxylation is 1. The van der Waals surface area contributed by atoms with E-state index in [1.54, 1.807) is 19.1 Å². The molecule has 0 unspecified atom stereocenters. The Morgan fingerprint density at radius 1 is 1.14 bits per heavy atom. The Morgan fingerprint density at radius 3 is 2.29 bits per heavy atom. The number of halogens is 1. The number of sulfone groups is 1. The van der Waals surface area contributed by atoms with Crippen molar-refractivity contribution in [3.8, 4) is 0 Å². The summed E-state index contributed by atoms with van der Waals surface area (Å²) in [6.07, 6.45) is 1.12. The van der Waals surface area contributed by atoms with Gasteiger partial charge in [-0.25, -0.2) is 13.4 Å². The van der Waals surface area contributed by atoms with Crippen molar-refractivity contribution in [2.24, 2.45) is 0 Å². The summed E-state index contributed by atoms with van der Waals surface area (Å²) < 4.78 is 22.7. The number of amides is 1. The highest BCUT2D eigenvalue weighted by Crippen LogP contribution is 2.17. The summed E-state index contributed by atoms with van der Waals surface area (Å²) >= 11 is 5.75. The molecule has 2 aromatic rings. The number of nitrogens with one attached hydrogen (secondary N) is 1. The van der Waals surface area contributed by atoms with E-state index in [1.807, 2.05) is 0 Å². The molecule has 0 aliphatic rings. The van der Waals surface area contributed by atoms with Gasteiger partial charge in [0.1, 0.15) is 5.15 Å². The third-order valence-corrected chi connectivity index (χ3v) is 4.18. The number of aromatic nitrogens is 1. The summed E-state index contributed by atoms with van der Waals surface area (Å²) in [7, 11) is -3.27. The molecule has 1 heterocycles. The maximum atomic E-state index is 12.1. The molecule has 0 bridgehead atoms. The molecule has 0 atom stereocenters. The second kappa shape index (κ2) is 5.83. The number of pyridine rings is 1. The van der Waals surface area contributed by atoms with Gasteiger partial charge in [0.05, 0.1) is 16.3 Å². The molecule has 0 fully saturated rings. The SMILES string of the molecule is Cc1nc(Cl)ccc1NC(=O)c1ccc(S(C)(=O)=O)cc1. The quantitative estimate of drug-likeness (QED) is 0.881.